The molecule has 0 aromatic rings. The van der Waals surface area contributed by atoms with Crippen LogP contribution in [0.3, 0.4) is 0 Å². The van der Waals surface area contributed by atoms with E-state index in [-0.39, 0.29) is 31.3 Å². The molecule has 0 heterocycles. The first-order chi connectivity index (χ1) is 17.3. The van der Waals surface area contributed by atoms with E-state index in [1.54, 1.807) is 34.6 Å². The average Bonchev–Trinajstić information content (AvgIpc) is 3.08. The lowest BCUT2D eigenvalue weighted by Crippen LogP contribution is -2.71. The summed E-state index contributed by atoms with van der Waals surface area (Å²) in [5.41, 5.74) is -6.62. The molecule has 4 aliphatic rings. The van der Waals surface area contributed by atoms with Gasteiger partial charge in [0, 0.05) is 35.5 Å². The smallest absolute Gasteiger partial charge is 0.306 e. The molecule has 0 N–H and O–H groups in total. The predicted octanol–water partition coefficient (Wildman–Crippen LogP) is 5.01. The highest BCUT2D eigenvalue weighted by Crippen LogP contribution is 2.72. The predicted molar refractivity (Wildman–Crippen MR) is 132 cm³/mol. The Kier molecular flexibility index (Phi) is 7.01. The minimum absolute atomic E-state index is 0.0101. The van der Waals surface area contributed by atoms with E-state index in [4.69, 9.17) is 21.1 Å². The van der Waals surface area contributed by atoms with Crippen molar-refractivity contribution in [2.24, 2.45) is 28.6 Å². The number of ether oxygens (including phenoxy) is 2. The van der Waals surface area contributed by atoms with Gasteiger partial charge in [-0.05, 0) is 49.8 Å². The number of hydrogen-bond donors (Lipinski definition) is 0. The minimum Gasteiger partial charge on any atom is -0.459 e. The third-order valence-corrected chi connectivity index (χ3v) is 10.0. The summed E-state index contributed by atoms with van der Waals surface area (Å²) in [5.74, 6) is -4.66. The number of carbonyl (C=O) groups is 4. The number of alkyl halides is 3. The van der Waals surface area contributed by atoms with Gasteiger partial charge in [-0.25, -0.2) is 8.78 Å². The molecule has 3 saturated carbocycles. The van der Waals surface area contributed by atoms with Gasteiger partial charge in [0.25, 0.3) is 0 Å². The van der Waals surface area contributed by atoms with Crippen LogP contribution in [-0.4, -0.2) is 52.9 Å². The van der Waals surface area contributed by atoms with E-state index in [1.807, 2.05) is 0 Å². The molecule has 0 spiro atoms. The fraction of sp³-hybridized carbons (Fsp3) is 0.714. The molecule has 37 heavy (non-hydrogen) atoms. The van der Waals surface area contributed by atoms with E-state index < -0.39 is 81.5 Å². The second-order valence-corrected chi connectivity index (χ2v) is 11.7. The van der Waals surface area contributed by atoms with Crippen molar-refractivity contribution in [3.63, 3.8) is 0 Å². The van der Waals surface area contributed by atoms with Crippen molar-refractivity contribution in [3.8, 4) is 0 Å². The van der Waals surface area contributed by atoms with Gasteiger partial charge in [0.1, 0.15) is 12.3 Å². The molecule has 0 unspecified atom stereocenters. The number of Topliss-reactive ketones (excluding diaryl/α,β-unsaturated/α-hetero) is 1. The van der Waals surface area contributed by atoms with Crippen LogP contribution in [0.5, 0.6) is 0 Å². The maximum absolute atomic E-state index is 17.9. The molecule has 4 rings (SSSR count). The standard InChI is InChI=1S/C28H35ClF2O6/c1-6-23(34)36-22-13-26(5)17(10-15(3)28(26,21(33)14-29)37-24(35)7-2)18-12-20(30)19-11-16(32)8-9-25(19,4)27(18,22)31/h8-9,11,15,17-18,20,22H,6-7,10,12-14H2,1-5H3/t15-,17-,18-,20-,22-,25-,26-,27-,28-/m0/s1. The normalized spacial score (nSPS) is 44.3. The van der Waals surface area contributed by atoms with Crippen LogP contribution in [0.1, 0.15) is 66.7 Å². The molecule has 0 aromatic heterocycles. The van der Waals surface area contributed by atoms with Gasteiger partial charge in [-0.3, -0.25) is 19.2 Å². The van der Waals surface area contributed by atoms with Gasteiger partial charge in [-0.15, -0.1) is 11.6 Å². The van der Waals surface area contributed by atoms with Gasteiger partial charge >= 0.3 is 11.9 Å². The molecule has 0 radical (unpaired) electrons. The Hall–Kier alpha value is -2.09. The Bertz CT molecular complexity index is 1090. The average molecular weight is 541 g/mol. The topological polar surface area (TPSA) is 86.7 Å². The van der Waals surface area contributed by atoms with Crippen molar-refractivity contribution in [3.05, 3.63) is 23.8 Å². The number of carbonyl (C=O) groups excluding carboxylic acids is 4. The molecule has 4 aliphatic carbocycles. The summed E-state index contributed by atoms with van der Waals surface area (Å²) in [4.78, 5) is 50.9. The molecule has 0 aliphatic heterocycles. The first-order valence-electron chi connectivity index (χ1n) is 13.1. The Labute approximate surface area is 221 Å². The van der Waals surface area contributed by atoms with Crippen molar-refractivity contribution >= 4 is 35.1 Å². The van der Waals surface area contributed by atoms with Crippen molar-refractivity contribution in [2.75, 3.05) is 5.88 Å². The monoisotopic (exact) mass is 540 g/mol. The zero-order valence-corrected chi connectivity index (χ0v) is 22.7. The summed E-state index contributed by atoms with van der Waals surface area (Å²) in [7, 11) is 0. The van der Waals surface area contributed by atoms with Gasteiger partial charge in [-0.1, -0.05) is 33.8 Å². The highest BCUT2D eigenvalue weighted by Gasteiger charge is 2.78. The Morgan fingerprint density at radius 3 is 2.35 bits per heavy atom. The molecule has 6 nitrogen and oxygen atoms in total. The van der Waals surface area contributed by atoms with Crippen LogP contribution >= 0.6 is 11.6 Å². The van der Waals surface area contributed by atoms with Crippen LogP contribution in [0.25, 0.3) is 0 Å². The van der Waals surface area contributed by atoms with Gasteiger partial charge in [-0.2, -0.15) is 0 Å². The van der Waals surface area contributed by atoms with Crippen LogP contribution in [0.2, 0.25) is 0 Å². The van der Waals surface area contributed by atoms with E-state index in [2.05, 4.69) is 0 Å². The number of halogens is 3. The Morgan fingerprint density at radius 2 is 1.76 bits per heavy atom. The molecule has 0 bridgehead atoms. The van der Waals surface area contributed by atoms with Crippen LogP contribution in [0, 0.1) is 28.6 Å². The molecule has 204 valence electrons. The van der Waals surface area contributed by atoms with Crippen molar-refractivity contribution in [2.45, 2.75) is 90.3 Å². The zero-order chi connectivity index (χ0) is 27.6. The quantitative estimate of drug-likeness (QED) is 0.347. The highest BCUT2D eigenvalue weighted by atomic mass is 35.5. The lowest BCUT2D eigenvalue weighted by atomic mass is 9.44. The lowest BCUT2D eigenvalue weighted by Gasteiger charge is -2.63. The third-order valence-electron chi connectivity index (χ3n) is 9.81. The van der Waals surface area contributed by atoms with Crippen molar-refractivity contribution in [1.82, 2.24) is 0 Å². The van der Waals surface area contributed by atoms with Gasteiger partial charge in [0.05, 0.1) is 5.88 Å². The highest BCUT2D eigenvalue weighted by molar-refractivity contribution is 6.29. The molecule has 9 atom stereocenters. The number of fused-ring (bicyclic) bond motifs is 5. The number of hydrogen-bond acceptors (Lipinski definition) is 6. The number of ketones is 2. The minimum atomic E-state index is -2.26. The molecule has 3 fully saturated rings. The zero-order valence-electron chi connectivity index (χ0n) is 21.9. The summed E-state index contributed by atoms with van der Waals surface area (Å²) < 4.78 is 45.4. The van der Waals surface area contributed by atoms with Crippen LogP contribution in [0.4, 0.5) is 8.78 Å². The summed E-state index contributed by atoms with van der Waals surface area (Å²) >= 11 is 6.06. The maximum atomic E-state index is 17.9. The summed E-state index contributed by atoms with van der Waals surface area (Å²) in [6.07, 6.45) is 0.724. The molecule has 0 saturated heterocycles. The summed E-state index contributed by atoms with van der Waals surface area (Å²) in [5, 5.41) is 0. The Morgan fingerprint density at radius 1 is 1.11 bits per heavy atom. The molecule has 9 heteroatoms. The van der Waals surface area contributed by atoms with E-state index >= 15 is 8.78 Å². The van der Waals surface area contributed by atoms with Crippen molar-refractivity contribution in [1.29, 1.82) is 0 Å². The van der Waals surface area contributed by atoms with Crippen LogP contribution < -0.4 is 0 Å². The van der Waals surface area contributed by atoms with E-state index in [0.29, 0.717) is 6.42 Å². The van der Waals surface area contributed by atoms with E-state index in [1.165, 1.54) is 12.2 Å². The summed E-state index contributed by atoms with van der Waals surface area (Å²) in [6.45, 7) is 8.27. The van der Waals surface area contributed by atoms with E-state index in [0.717, 1.165) is 6.08 Å². The fourth-order valence-corrected chi connectivity index (χ4v) is 8.27. The Balaban J connectivity index is 1.95. The second-order valence-electron chi connectivity index (χ2n) is 11.4. The van der Waals surface area contributed by atoms with Gasteiger partial charge in [0.15, 0.2) is 22.8 Å². The second kappa shape index (κ2) is 9.28. The number of allylic oxidation sites excluding steroid dienone is 4. The third kappa shape index (κ3) is 3.60. The van der Waals surface area contributed by atoms with Crippen molar-refractivity contribution < 1.29 is 37.4 Å². The first-order valence-corrected chi connectivity index (χ1v) is 13.6. The SMILES string of the molecule is CCC(=O)O[C@H]1C[C@@]2(C)[C@@H](C[C@H](C)[C@]2(OC(=O)CC)C(=O)CCl)[C@@H]2C[C@H](F)C3=CC(=O)C=C[C@]3(C)[C@@]12F. The van der Waals surface area contributed by atoms with Crippen LogP contribution in [0.15, 0.2) is 23.8 Å². The van der Waals surface area contributed by atoms with Crippen LogP contribution in [-0.2, 0) is 28.7 Å². The summed E-state index contributed by atoms with van der Waals surface area (Å²) in [6, 6.07) is 0. The molecular weight excluding hydrogens is 506 g/mol. The largest absolute Gasteiger partial charge is 0.459 e. The first kappa shape index (κ1) is 27.9. The van der Waals surface area contributed by atoms with Gasteiger partial charge < -0.3 is 9.47 Å². The number of esters is 2. The maximum Gasteiger partial charge on any atom is 0.306 e. The molecular formula is C28H35ClF2O6. The fourth-order valence-electron chi connectivity index (χ4n) is 8.08. The lowest BCUT2D eigenvalue weighted by molar-refractivity contribution is -0.238. The van der Waals surface area contributed by atoms with E-state index in [9.17, 15) is 19.2 Å². The molecule has 0 aromatic carbocycles. The molecule has 0 amide bonds. The van der Waals surface area contributed by atoms with Gasteiger partial charge in [0.2, 0.25) is 0 Å². The number of rotatable bonds is 6.